The van der Waals surface area contributed by atoms with Gasteiger partial charge in [-0.15, -0.1) is 37.7 Å². The van der Waals surface area contributed by atoms with Gasteiger partial charge in [0.25, 0.3) is 0 Å². The van der Waals surface area contributed by atoms with Crippen molar-refractivity contribution < 1.29 is 41.2 Å². The molecule has 0 unspecified atom stereocenters. The quantitative estimate of drug-likeness (QED) is 0.261. The molecule has 2 aliphatic carbocycles. The number of ether oxygens (including phenoxy) is 1. The van der Waals surface area contributed by atoms with Crippen molar-refractivity contribution in [2.75, 3.05) is 0 Å². The average Bonchev–Trinajstić information content (AvgIpc) is 3.69. The average molecular weight is 703 g/mol. The Labute approximate surface area is 293 Å². The summed E-state index contributed by atoms with van der Waals surface area (Å²) in [6.07, 6.45) is 22.0. The van der Waals surface area contributed by atoms with Gasteiger partial charge in [-0.2, -0.15) is 45.9 Å². The number of phenolic OH excluding ortho intramolecular Hbond substituents is 2. The molecule has 3 aromatic carbocycles. The number of hydrogen-bond donors (Lipinski definition) is 2. The van der Waals surface area contributed by atoms with Crippen molar-refractivity contribution in [2.45, 2.75) is 61.3 Å². The van der Waals surface area contributed by atoms with E-state index >= 15 is 0 Å². The maximum atomic E-state index is 8.92. The van der Waals surface area contributed by atoms with Gasteiger partial charge in [-0.1, -0.05) is 54.6 Å². The van der Waals surface area contributed by atoms with Crippen molar-refractivity contribution in [1.82, 2.24) is 0 Å². The molecule has 3 aromatic rings. The fourth-order valence-electron chi connectivity index (χ4n) is 2.71. The van der Waals surface area contributed by atoms with E-state index in [4.69, 9.17) is 14.9 Å². The predicted molar refractivity (Wildman–Crippen MR) is 185 cm³/mol. The molecule has 0 amide bonds. The summed E-state index contributed by atoms with van der Waals surface area (Å²) in [4.78, 5) is 0. The van der Waals surface area contributed by atoms with E-state index < -0.39 is 0 Å². The van der Waals surface area contributed by atoms with Gasteiger partial charge in [-0.3, -0.25) is 6.08 Å². The number of halogens is 2. The van der Waals surface area contributed by atoms with Crippen LogP contribution in [0, 0.1) is 45.8 Å². The van der Waals surface area contributed by atoms with Gasteiger partial charge in [0.2, 0.25) is 0 Å². The Balaban J connectivity index is -0.000000225. The van der Waals surface area contributed by atoms with Gasteiger partial charge in [0.05, 0.1) is 0 Å². The molecule has 0 aromatic heterocycles. The molecule has 0 fully saturated rings. The molecule has 0 saturated carbocycles. The number of aryl methyl sites for hydroxylation is 3. The van der Waals surface area contributed by atoms with Crippen LogP contribution in [0.15, 0.2) is 109 Å². The molecule has 3 nitrogen and oxygen atoms in total. The van der Waals surface area contributed by atoms with Crippen molar-refractivity contribution in [3.8, 4) is 17.2 Å². The molecule has 2 aliphatic rings. The van der Waals surface area contributed by atoms with Gasteiger partial charge in [0, 0.05) is 0 Å². The Kier molecular flexibility index (Phi) is 35.7. The third-order valence-electron chi connectivity index (χ3n) is 4.79. The van der Waals surface area contributed by atoms with Crippen molar-refractivity contribution in [1.29, 1.82) is 0 Å². The Morgan fingerprint density at radius 1 is 0.651 bits per heavy atom. The largest absolute Gasteiger partial charge is 4.00 e. The molecule has 0 bridgehead atoms. The molecule has 0 radical (unpaired) electrons. The summed E-state index contributed by atoms with van der Waals surface area (Å²) in [5, 5.41) is 17.8. The summed E-state index contributed by atoms with van der Waals surface area (Å²) in [5.41, 5.74) is 3.00. The molecule has 43 heavy (non-hydrogen) atoms. The van der Waals surface area contributed by atoms with Crippen LogP contribution in [0.4, 0.5) is 0 Å². The van der Waals surface area contributed by atoms with Gasteiger partial charge >= 0.3 is 26.2 Å². The smallest absolute Gasteiger partial charge is 0.508 e. The van der Waals surface area contributed by atoms with Gasteiger partial charge in [0.15, 0.2) is 0 Å². The Morgan fingerprint density at radius 2 is 1.09 bits per heavy atom. The monoisotopic (exact) mass is 700 g/mol. The van der Waals surface area contributed by atoms with Crippen LogP contribution < -0.4 is 4.74 Å². The van der Waals surface area contributed by atoms with Crippen LogP contribution in [0.1, 0.15) is 57.2 Å². The van der Waals surface area contributed by atoms with E-state index in [0.717, 1.165) is 41.0 Å². The van der Waals surface area contributed by atoms with E-state index in [1.807, 2.05) is 146 Å². The van der Waals surface area contributed by atoms with E-state index in [9.17, 15) is 0 Å². The first kappa shape index (κ1) is 47.4. The minimum absolute atomic E-state index is 0. The first-order chi connectivity index (χ1) is 19.3. The number of allylic oxidation sites excluding steroid dienone is 7. The maximum absolute atomic E-state index is 8.92. The molecule has 232 valence electrons. The Morgan fingerprint density at radius 3 is 1.37 bits per heavy atom. The van der Waals surface area contributed by atoms with Gasteiger partial charge in [-0.05, 0) is 61.4 Å². The molecule has 0 saturated heterocycles. The second-order valence-electron chi connectivity index (χ2n) is 8.75. The normalized spacial score (nSPS) is 10.6. The van der Waals surface area contributed by atoms with E-state index in [-0.39, 0.29) is 51.0 Å². The second kappa shape index (κ2) is 32.4. The number of hydrogen-bond acceptors (Lipinski definition) is 3. The zero-order chi connectivity index (χ0) is 30.0. The third-order valence-corrected chi connectivity index (χ3v) is 4.79. The van der Waals surface area contributed by atoms with Gasteiger partial charge in [-0.25, -0.2) is 18.2 Å². The summed E-state index contributed by atoms with van der Waals surface area (Å²) in [6.45, 7) is 13.8. The zero-order valence-electron chi connectivity index (χ0n) is 26.5. The van der Waals surface area contributed by atoms with E-state index in [1.54, 1.807) is 12.1 Å². The number of benzene rings is 3. The number of rotatable bonds is 2. The second-order valence-corrected chi connectivity index (χ2v) is 8.75. The summed E-state index contributed by atoms with van der Waals surface area (Å²) < 4.78 is 5.62. The van der Waals surface area contributed by atoms with Crippen LogP contribution in [0.3, 0.4) is 0 Å². The van der Waals surface area contributed by atoms with E-state index in [0.29, 0.717) is 11.5 Å². The van der Waals surface area contributed by atoms with Crippen LogP contribution in [0.5, 0.6) is 17.2 Å². The first-order valence-corrected chi connectivity index (χ1v) is 13.5. The van der Waals surface area contributed by atoms with Crippen molar-refractivity contribution in [2.24, 2.45) is 0 Å². The predicted octanol–water partition coefficient (Wildman–Crippen LogP) is 11.0. The first-order valence-electron chi connectivity index (χ1n) is 13.5. The summed E-state index contributed by atoms with van der Waals surface area (Å²) in [7, 11) is 0. The molecule has 5 rings (SSSR count). The summed E-state index contributed by atoms with van der Waals surface area (Å²) in [5.74, 6) is 2.48. The van der Waals surface area contributed by atoms with E-state index in [1.165, 1.54) is 0 Å². The minimum atomic E-state index is 0. The Bertz CT molecular complexity index is 1090. The van der Waals surface area contributed by atoms with Gasteiger partial charge < -0.3 is 27.8 Å². The fourth-order valence-corrected chi connectivity index (χ4v) is 2.71. The summed E-state index contributed by atoms with van der Waals surface area (Å²) in [6, 6.07) is 22.5. The molecular formula is C37H48Cl2O3Zr. The standard InChI is InChI=1S/C12H11O.2C7H8O.C5H5.2C3H7.2ClH.Zr/c1-10-6-2-5-9-12(10)13-11-7-3-4-8-11;2*1-6-4-2-3-5-7(6)8;1-2-4-5-3-1;2*1-3-2;;;/h2-3,5-7,9H,4H2,1H3;2*2-5,8H,1H3;1-3H,4H2;2*3H,1-2H3;2*1H;/q-1;;;3*-1;;;+4. The summed E-state index contributed by atoms with van der Waals surface area (Å²) >= 11 is 0. The topological polar surface area (TPSA) is 49.7 Å². The minimum Gasteiger partial charge on any atom is -0.508 e. The number of phenols is 2. The van der Waals surface area contributed by atoms with E-state index in [2.05, 4.69) is 18.2 Å². The number of aromatic hydroxyl groups is 2. The van der Waals surface area contributed by atoms with Crippen LogP contribution >= 0.6 is 24.8 Å². The Hall–Kier alpha value is -2.52. The SMILES string of the molecule is C[CH-]C.C[CH-]C.Cc1ccccc1O.Cc1ccccc1O.Cc1ccccc1OC1=[C-]CC=C1.Cl.Cl.[C-]1=CC=CC1.[Zr+4]. The van der Waals surface area contributed by atoms with Crippen LogP contribution in [0.2, 0.25) is 0 Å². The van der Waals surface area contributed by atoms with Crippen molar-refractivity contribution in [3.63, 3.8) is 0 Å². The molecule has 6 heteroatoms. The third kappa shape index (κ3) is 25.7. The molecule has 0 aliphatic heterocycles. The zero-order valence-corrected chi connectivity index (χ0v) is 30.6. The van der Waals surface area contributed by atoms with Gasteiger partial charge in [0.1, 0.15) is 17.2 Å². The maximum Gasteiger partial charge on any atom is 4.00 e. The van der Waals surface area contributed by atoms with Crippen LogP contribution in [0.25, 0.3) is 0 Å². The van der Waals surface area contributed by atoms with Crippen molar-refractivity contribution in [3.05, 3.63) is 151 Å². The molecule has 0 heterocycles. The fraction of sp³-hybridized carbons (Fsp3) is 0.243. The molecule has 2 N–H and O–H groups in total. The van der Waals surface area contributed by atoms with Crippen LogP contribution in [-0.2, 0) is 26.2 Å². The number of para-hydroxylation sites is 3. The molecule has 0 atom stereocenters. The molecular weight excluding hydrogens is 655 g/mol. The molecule has 0 spiro atoms. The van der Waals surface area contributed by atoms with Crippen molar-refractivity contribution >= 4 is 24.8 Å². The van der Waals surface area contributed by atoms with Crippen LogP contribution in [-0.4, -0.2) is 10.2 Å².